The molecule has 4 nitrogen and oxygen atoms in total. The summed E-state index contributed by atoms with van der Waals surface area (Å²) >= 11 is 11.9. The number of benzene rings is 2. The van der Waals surface area contributed by atoms with Crippen molar-refractivity contribution in [2.45, 2.75) is 26.2 Å². The molecule has 0 aliphatic carbocycles. The lowest BCUT2D eigenvalue weighted by molar-refractivity contribution is -0.118. The number of carbonyl (C=O) groups is 1. The van der Waals surface area contributed by atoms with E-state index in [2.05, 4.69) is 19.2 Å². The Kier molecular flexibility index (Phi) is 6.35. The molecule has 24 heavy (non-hydrogen) atoms. The minimum atomic E-state index is -0.300. The Hall–Kier alpha value is -1.91. The van der Waals surface area contributed by atoms with Crippen molar-refractivity contribution in [3.8, 4) is 5.75 Å². The predicted molar refractivity (Wildman–Crippen MR) is 100 cm³/mol. The van der Waals surface area contributed by atoms with E-state index in [0.717, 1.165) is 17.7 Å². The molecule has 1 atom stereocenters. The lowest BCUT2D eigenvalue weighted by Gasteiger charge is -2.15. The summed E-state index contributed by atoms with van der Waals surface area (Å²) in [5.74, 6) is 0.778. The van der Waals surface area contributed by atoms with Gasteiger partial charge < -0.3 is 15.8 Å². The molecule has 6 heteroatoms. The molecule has 0 spiro atoms. The SMILES string of the molecule is CCC(C)c1ccccc1OCC(=O)Nc1cc(Cl)c(N)c(Cl)c1. The Labute approximate surface area is 151 Å². The Morgan fingerprint density at radius 3 is 2.50 bits per heavy atom. The molecule has 3 N–H and O–H groups in total. The monoisotopic (exact) mass is 366 g/mol. The molecule has 0 saturated heterocycles. The average Bonchev–Trinajstić information content (AvgIpc) is 2.57. The molecule has 0 fully saturated rings. The van der Waals surface area contributed by atoms with E-state index in [0.29, 0.717) is 21.7 Å². The van der Waals surface area contributed by atoms with Crippen LogP contribution < -0.4 is 15.8 Å². The van der Waals surface area contributed by atoms with Gasteiger partial charge in [-0.15, -0.1) is 0 Å². The van der Waals surface area contributed by atoms with Crippen molar-refractivity contribution >= 4 is 40.5 Å². The number of para-hydroxylation sites is 1. The zero-order chi connectivity index (χ0) is 17.7. The average molecular weight is 367 g/mol. The van der Waals surface area contributed by atoms with Gasteiger partial charge in [0, 0.05) is 5.69 Å². The third-order valence-electron chi connectivity index (χ3n) is 3.78. The van der Waals surface area contributed by atoms with Crippen LogP contribution in [0.4, 0.5) is 11.4 Å². The lowest BCUT2D eigenvalue weighted by atomic mass is 9.98. The topological polar surface area (TPSA) is 64.3 Å². The molecule has 0 radical (unpaired) electrons. The van der Waals surface area contributed by atoms with E-state index in [9.17, 15) is 4.79 Å². The van der Waals surface area contributed by atoms with Crippen molar-refractivity contribution in [3.05, 3.63) is 52.0 Å². The van der Waals surface area contributed by atoms with Crippen LogP contribution in [0.1, 0.15) is 31.7 Å². The van der Waals surface area contributed by atoms with Crippen LogP contribution in [0.3, 0.4) is 0 Å². The summed E-state index contributed by atoms with van der Waals surface area (Å²) in [6, 6.07) is 10.8. The molecule has 0 bridgehead atoms. The standard InChI is InChI=1S/C18H20Cl2N2O2/c1-3-11(2)13-6-4-5-7-16(13)24-10-17(23)22-12-8-14(19)18(21)15(20)9-12/h4-9,11H,3,10,21H2,1-2H3,(H,22,23). The third-order valence-corrected chi connectivity index (χ3v) is 4.41. The van der Waals surface area contributed by atoms with Crippen molar-refractivity contribution in [1.82, 2.24) is 0 Å². The number of carbonyl (C=O) groups excluding carboxylic acids is 1. The highest BCUT2D eigenvalue weighted by Crippen LogP contribution is 2.31. The molecule has 2 rings (SSSR count). The highest BCUT2D eigenvalue weighted by Gasteiger charge is 2.12. The zero-order valence-electron chi connectivity index (χ0n) is 13.6. The van der Waals surface area contributed by atoms with Gasteiger partial charge in [-0.2, -0.15) is 0 Å². The Balaban J connectivity index is 2.02. The number of rotatable bonds is 6. The fraction of sp³-hybridized carbons (Fsp3) is 0.278. The van der Waals surface area contributed by atoms with E-state index < -0.39 is 0 Å². The van der Waals surface area contributed by atoms with Crippen LogP contribution in [0.25, 0.3) is 0 Å². The molecule has 0 saturated carbocycles. The summed E-state index contributed by atoms with van der Waals surface area (Å²) in [5, 5.41) is 3.28. The normalized spacial score (nSPS) is 11.8. The van der Waals surface area contributed by atoms with Crippen molar-refractivity contribution in [2.75, 3.05) is 17.7 Å². The number of nitrogen functional groups attached to an aromatic ring is 1. The first-order valence-corrected chi connectivity index (χ1v) is 8.44. The van der Waals surface area contributed by atoms with Crippen molar-refractivity contribution in [1.29, 1.82) is 0 Å². The highest BCUT2D eigenvalue weighted by molar-refractivity contribution is 6.39. The molecular weight excluding hydrogens is 347 g/mol. The number of nitrogens with two attached hydrogens (primary N) is 1. The second-order valence-electron chi connectivity index (χ2n) is 5.54. The summed E-state index contributed by atoms with van der Waals surface area (Å²) in [4.78, 5) is 12.1. The first kappa shape index (κ1) is 18.4. The Morgan fingerprint density at radius 1 is 1.25 bits per heavy atom. The number of nitrogens with one attached hydrogen (secondary N) is 1. The second kappa shape index (κ2) is 8.27. The van der Waals surface area contributed by atoms with Gasteiger partial charge in [-0.25, -0.2) is 0 Å². The number of hydrogen-bond acceptors (Lipinski definition) is 3. The smallest absolute Gasteiger partial charge is 0.262 e. The van der Waals surface area contributed by atoms with Crippen molar-refractivity contribution in [3.63, 3.8) is 0 Å². The number of anilines is 2. The summed E-state index contributed by atoms with van der Waals surface area (Å²) < 4.78 is 5.68. The predicted octanol–water partition coefficient (Wildman–Crippen LogP) is 5.11. The van der Waals surface area contributed by atoms with E-state index in [1.807, 2.05) is 24.3 Å². The van der Waals surface area contributed by atoms with Gasteiger partial charge in [-0.05, 0) is 36.1 Å². The Morgan fingerprint density at radius 2 is 1.88 bits per heavy atom. The molecule has 0 heterocycles. The molecule has 1 unspecified atom stereocenters. The first-order valence-electron chi connectivity index (χ1n) is 7.68. The van der Waals surface area contributed by atoms with Crippen LogP contribution in [0.5, 0.6) is 5.75 Å². The highest BCUT2D eigenvalue weighted by atomic mass is 35.5. The van der Waals surface area contributed by atoms with Crippen molar-refractivity contribution < 1.29 is 9.53 Å². The number of hydrogen-bond donors (Lipinski definition) is 2. The molecule has 2 aromatic rings. The molecule has 128 valence electrons. The Bertz CT molecular complexity index is 712. The summed E-state index contributed by atoms with van der Waals surface area (Å²) in [5.41, 5.74) is 7.52. The van der Waals surface area contributed by atoms with Gasteiger partial charge in [0.25, 0.3) is 5.91 Å². The first-order chi connectivity index (χ1) is 11.4. The van der Waals surface area contributed by atoms with Gasteiger partial charge in [0.1, 0.15) is 5.75 Å². The van der Waals surface area contributed by atoms with E-state index in [1.54, 1.807) is 12.1 Å². The summed E-state index contributed by atoms with van der Waals surface area (Å²) in [6.45, 7) is 4.14. The third kappa shape index (κ3) is 4.56. The van der Waals surface area contributed by atoms with Crippen LogP contribution in [-0.2, 0) is 4.79 Å². The second-order valence-corrected chi connectivity index (χ2v) is 6.35. The summed E-state index contributed by atoms with van der Waals surface area (Å²) in [6.07, 6.45) is 0.995. The zero-order valence-corrected chi connectivity index (χ0v) is 15.1. The van der Waals surface area contributed by atoms with E-state index >= 15 is 0 Å². The van der Waals surface area contributed by atoms with Gasteiger partial charge in [0.15, 0.2) is 6.61 Å². The maximum atomic E-state index is 12.1. The maximum absolute atomic E-state index is 12.1. The maximum Gasteiger partial charge on any atom is 0.262 e. The van der Waals surface area contributed by atoms with Gasteiger partial charge in [0.2, 0.25) is 0 Å². The fourth-order valence-electron chi connectivity index (χ4n) is 2.24. The van der Waals surface area contributed by atoms with E-state index in [4.69, 9.17) is 33.7 Å². The van der Waals surface area contributed by atoms with E-state index in [-0.39, 0.29) is 18.2 Å². The van der Waals surface area contributed by atoms with Crippen LogP contribution >= 0.6 is 23.2 Å². The minimum absolute atomic E-state index is 0.104. The molecule has 0 aliphatic rings. The molecular formula is C18H20Cl2N2O2. The van der Waals surface area contributed by atoms with Crippen LogP contribution in [0.15, 0.2) is 36.4 Å². The molecule has 1 amide bonds. The number of halogens is 2. The fourth-order valence-corrected chi connectivity index (χ4v) is 2.72. The van der Waals surface area contributed by atoms with Crippen molar-refractivity contribution in [2.24, 2.45) is 0 Å². The largest absolute Gasteiger partial charge is 0.483 e. The van der Waals surface area contributed by atoms with Gasteiger partial charge in [-0.3, -0.25) is 4.79 Å². The molecule has 2 aromatic carbocycles. The number of ether oxygens (including phenoxy) is 1. The van der Waals surface area contributed by atoms with Crippen LogP contribution in [0, 0.1) is 0 Å². The molecule has 0 aliphatic heterocycles. The van der Waals surface area contributed by atoms with E-state index in [1.165, 1.54) is 0 Å². The van der Waals surface area contributed by atoms with Gasteiger partial charge in [-0.1, -0.05) is 55.2 Å². The van der Waals surface area contributed by atoms with Gasteiger partial charge in [0.05, 0.1) is 15.7 Å². The number of amides is 1. The molecule has 0 aromatic heterocycles. The quantitative estimate of drug-likeness (QED) is 0.698. The minimum Gasteiger partial charge on any atom is -0.483 e. The summed E-state index contributed by atoms with van der Waals surface area (Å²) in [7, 11) is 0. The lowest BCUT2D eigenvalue weighted by Crippen LogP contribution is -2.20. The van der Waals surface area contributed by atoms with Gasteiger partial charge >= 0.3 is 0 Å². The van der Waals surface area contributed by atoms with Crippen LogP contribution in [-0.4, -0.2) is 12.5 Å². The van der Waals surface area contributed by atoms with Crippen LogP contribution in [0.2, 0.25) is 10.0 Å².